The molecule has 4 nitrogen and oxygen atoms in total. The second kappa shape index (κ2) is 7.05. The van der Waals surface area contributed by atoms with Crippen molar-refractivity contribution in [3.05, 3.63) is 29.8 Å². The molecule has 1 aliphatic rings. The van der Waals surface area contributed by atoms with E-state index in [4.69, 9.17) is 9.47 Å². The molecule has 1 fully saturated rings. The van der Waals surface area contributed by atoms with E-state index < -0.39 is 5.54 Å². The number of hydrogen-bond acceptors (Lipinski definition) is 4. The molecule has 0 spiro atoms. The summed E-state index contributed by atoms with van der Waals surface area (Å²) in [4.78, 5) is 15.2. The van der Waals surface area contributed by atoms with Crippen LogP contribution >= 0.6 is 0 Å². The molecule has 1 aromatic rings. The molecule has 0 saturated carbocycles. The van der Waals surface area contributed by atoms with Crippen molar-refractivity contribution >= 4 is 5.78 Å². The number of Topliss-reactive ketones (excluding diaryl/α,β-unsaturated/α-hetero) is 1. The van der Waals surface area contributed by atoms with Crippen LogP contribution in [0.1, 0.15) is 37.6 Å². The van der Waals surface area contributed by atoms with Gasteiger partial charge in [0.1, 0.15) is 5.75 Å². The van der Waals surface area contributed by atoms with Gasteiger partial charge in [0.15, 0.2) is 5.78 Å². The van der Waals surface area contributed by atoms with Crippen LogP contribution in [0.15, 0.2) is 24.3 Å². The fraction of sp³-hybridized carbons (Fsp3) is 0.588. The number of morpholine rings is 1. The topological polar surface area (TPSA) is 38.8 Å². The number of carbonyl (C=O) groups is 1. The Hall–Kier alpha value is -1.39. The maximum atomic E-state index is 12.9. The quantitative estimate of drug-likeness (QED) is 0.756. The molecular formula is C17H25NO3. The summed E-state index contributed by atoms with van der Waals surface area (Å²) < 4.78 is 10.8. The van der Waals surface area contributed by atoms with E-state index in [0.29, 0.717) is 19.8 Å². The van der Waals surface area contributed by atoms with Gasteiger partial charge in [0.2, 0.25) is 0 Å². The van der Waals surface area contributed by atoms with E-state index in [1.807, 2.05) is 38.1 Å². The first-order valence-electron chi connectivity index (χ1n) is 7.72. The Morgan fingerprint density at radius 1 is 1.24 bits per heavy atom. The number of nitrogens with zero attached hydrogens (tertiary/aromatic N) is 1. The molecule has 0 N–H and O–H groups in total. The van der Waals surface area contributed by atoms with Crippen LogP contribution in [0.25, 0.3) is 0 Å². The normalized spacial score (nSPS) is 19.0. The number of benzene rings is 1. The van der Waals surface area contributed by atoms with Gasteiger partial charge in [-0.25, -0.2) is 0 Å². The van der Waals surface area contributed by atoms with Crippen molar-refractivity contribution in [2.45, 2.75) is 32.7 Å². The average Bonchev–Trinajstić information content (AvgIpc) is 2.55. The second-order valence-corrected chi connectivity index (χ2v) is 5.51. The van der Waals surface area contributed by atoms with Gasteiger partial charge in [0.05, 0.1) is 25.4 Å². The van der Waals surface area contributed by atoms with Gasteiger partial charge in [0, 0.05) is 18.7 Å². The van der Waals surface area contributed by atoms with Gasteiger partial charge >= 0.3 is 0 Å². The van der Waals surface area contributed by atoms with Gasteiger partial charge in [-0.15, -0.1) is 0 Å². The monoisotopic (exact) mass is 291 g/mol. The lowest BCUT2D eigenvalue weighted by Gasteiger charge is -2.41. The van der Waals surface area contributed by atoms with E-state index in [0.717, 1.165) is 30.8 Å². The molecule has 1 aliphatic heterocycles. The summed E-state index contributed by atoms with van der Waals surface area (Å²) in [6, 6.07) is 7.46. The minimum absolute atomic E-state index is 0.176. The molecular weight excluding hydrogens is 266 g/mol. The summed E-state index contributed by atoms with van der Waals surface area (Å²) >= 11 is 0. The maximum absolute atomic E-state index is 12.9. The van der Waals surface area contributed by atoms with Crippen molar-refractivity contribution in [3.63, 3.8) is 0 Å². The van der Waals surface area contributed by atoms with Crippen molar-refractivity contribution in [3.8, 4) is 5.75 Å². The predicted molar refractivity (Wildman–Crippen MR) is 83.0 cm³/mol. The van der Waals surface area contributed by atoms with Crippen LogP contribution in [0.5, 0.6) is 5.75 Å². The summed E-state index contributed by atoms with van der Waals surface area (Å²) in [5.74, 6) is 0.980. The molecule has 0 aliphatic carbocycles. The largest absolute Gasteiger partial charge is 0.494 e. The summed E-state index contributed by atoms with van der Waals surface area (Å²) in [5, 5.41) is 0. The molecule has 1 saturated heterocycles. The Balaban J connectivity index is 2.18. The molecule has 1 aromatic carbocycles. The van der Waals surface area contributed by atoms with Crippen LogP contribution in [0.2, 0.25) is 0 Å². The fourth-order valence-electron chi connectivity index (χ4n) is 2.76. The Bertz CT molecular complexity index is 465. The molecule has 116 valence electrons. The van der Waals surface area contributed by atoms with Crippen molar-refractivity contribution in [2.24, 2.45) is 0 Å². The number of rotatable bonds is 6. The fourth-order valence-corrected chi connectivity index (χ4v) is 2.76. The van der Waals surface area contributed by atoms with Crippen LogP contribution < -0.4 is 4.74 Å². The minimum Gasteiger partial charge on any atom is -0.494 e. The number of ether oxygens (including phenoxy) is 2. The lowest BCUT2D eigenvalue weighted by Crippen LogP contribution is -2.56. The average molecular weight is 291 g/mol. The highest BCUT2D eigenvalue weighted by atomic mass is 16.5. The van der Waals surface area contributed by atoms with Gasteiger partial charge in [0.25, 0.3) is 0 Å². The molecule has 21 heavy (non-hydrogen) atoms. The molecule has 1 unspecified atom stereocenters. The van der Waals surface area contributed by atoms with Gasteiger partial charge < -0.3 is 9.47 Å². The van der Waals surface area contributed by atoms with E-state index in [1.54, 1.807) is 0 Å². The van der Waals surface area contributed by atoms with Crippen LogP contribution in [0, 0.1) is 0 Å². The molecule has 0 bridgehead atoms. The number of ketones is 1. The summed E-state index contributed by atoms with van der Waals surface area (Å²) in [5.41, 5.74) is 0.283. The van der Waals surface area contributed by atoms with Crippen molar-refractivity contribution in [2.75, 3.05) is 32.9 Å². The van der Waals surface area contributed by atoms with Gasteiger partial charge in [-0.3, -0.25) is 9.69 Å². The number of carbonyl (C=O) groups excluding carboxylic acids is 1. The van der Waals surface area contributed by atoms with Gasteiger partial charge in [-0.2, -0.15) is 0 Å². The van der Waals surface area contributed by atoms with Crippen molar-refractivity contribution < 1.29 is 14.3 Å². The highest BCUT2D eigenvalue weighted by molar-refractivity contribution is 6.03. The molecule has 0 amide bonds. The smallest absolute Gasteiger partial charge is 0.182 e. The van der Waals surface area contributed by atoms with Gasteiger partial charge in [-0.1, -0.05) is 6.92 Å². The highest BCUT2D eigenvalue weighted by Gasteiger charge is 2.38. The first kappa shape index (κ1) is 16.0. The van der Waals surface area contributed by atoms with E-state index in [-0.39, 0.29) is 5.78 Å². The molecule has 4 heteroatoms. The predicted octanol–water partition coefficient (Wildman–Crippen LogP) is 2.77. The summed E-state index contributed by atoms with van der Waals surface area (Å²) in [7, 11) is 0. The highest BCUT2D eigenvalue weighted by Crippen LogP contribution is 2.26. The Labute approximate surface area is 127 Å². The summed E-state index contributed by atoms with van der Waals surface area (Å²) in [6.45, 7) is 9.72. The van der Waals surface area contributed by atoms with Crippen LogP contribution in [-0.4, -0.2) is 49.1 Å². The molecule has 2 rings (SSSR count). The van der Waals surface area contributed by atoms with Crippen LogP contribution in [0.4, 0.5) is 0 Å². The van der Waals surface area contributed by atoms with Gasteiger partial charge in [-0.05, 0) is 44.5 Å². The lowest BCUT2D eigenvalue weighted by atomic mass is 9.86. The maximum Gasteiger partial charge on any atom is 0.182 e. The first-order valence-corrected chi connectivity index (χ1v) is 7.72. The Morgan fingerprint density at radius 3 is 2.38 bits per heavy atom. The minimum atomic E-state index is -0.461. The van der Waals surface area contributed by atoms with Crippen LogP contribution in [0.3, 0.4) is 0 Å². The van der Waals surface area contributed by atoms with E-state index in [2.05, 4.69) is 11.8 Å². The third-order valence-corrected chi connectivity index (χ3v) is 4.31. The third kappa shape index (κ3) is 3.44. The van der Waals surface area contributed by atoms with Crippen molar-refractivity contribution in [1.82, 2.24) is 4.90 Å². The molecule has 0 aromatic heterocycles. The number of hydrogen-bond donors (Lipinski definition) is 0. The zero-order chi connectivity index (χ0) is 15.3. The molecule has 1 atom stereocenters. The zero-order valence-corrected chi connectivity index (χ0v) is 13.2. The second-order valence-electron chi connectivity index (χ2n) is 5.51. The Morgan fingerprint density at radius 2 is 1.86 bits per heavy atom. The molecule has 1 heterocycles. The van der Waals surface area contributed by atoms with E-state index in [1.165, 1.54) is 0 Å². The SMILES string of the molecule is CCOc1ccc(C(=O)C(C)(CC)N2CCOCC2)cc1. The third-order valence-electron chi connectivity index (χ3n) is 4.31. The lowest BCUT2D eigenvalue weighted by molar-refractivity contribution is -0.0106. The van der Waals surface area contributed by atoms with Crippen LogP contribution in [-0.2, 0) is 4.74 Å². The molecule has 0 radical (unpaired) electrons. The Kier molecular flexibility index (Phi) is 5.37. The van der Waals surface area contributed by atoms with Crippen molar-refractivity contribution in [1.29, 1.82) is 0 Å². The van der Waals surface area contributed by atoms with E-state index >= 15 is 0 Å². The standard InChI is InChI=1S/C17H25NO3/c1-4-17(3,18-10-12-20-13-11-18)16(19)14-6-8-15(9-7-14)21-5-2/h6-9H,4-5,10-13H2,1-3H3. The zero-order valence-electron chi connectivity index (χ0n) is 13.2. The summed E-state index contributed by atoms with van der Waals surface area (Å²) in [6.07, 6.45) is 0.791. The first-order chi connectivity index (χ1) is 10.1. The van der Waals surface area contributed by atoms with E-state index in [9.17, 15) is 4.79 Å².